The SMILES string of the molecule is c1nc(Nc2ccc3c(c2)OCCO3)cc(N2CCCCC2)n1. The Hall–Kier alpha value is -2.50. The zero-order valence-electron chi connectivity index (χ0n) is 13.0. The molecule has 6 heteroatoms. The Morgan fingerprint density at radius 1 is 0.913 bits per heavy atom. The summed E-state index contributed by atoms with van der Waals surface area (Å²) in [5.74, 6) is 3.34. The van der Waals surface area contributed by atoms with Crippen molar-refractivity contribution in [3.63, 3.8) is 0 Å². The second-order valence-corrected chi connectivity index (χ2v) is 5.79. The number of nitrogens with zero attached hydrogens (tertiary/aromatic N) is 3. The highest BCUT2D eigenvalue weighted by Gasteiger charge is 2.14. The molecule has 6 nitrogen and oxygen atoms in total. The zero-order valence-corrected chi connectivity index (χ0v) is 13.0. The third-order valence-electron chi connectivity index (χ3n) is 4.15. The molecule has 1 saturated heterocycles. The first-order valence-corrected chi connectivity index (χ1v) is 8.12. The molecule has 4 rings (SSSR count). The van der Waals surface area contributed by atoms with E-state index >= 15 is 0 Å². The van der Waals surface area contributed by atoms with Crippen molar-refractivity contribution in [2.75, 3.05) is 36.5 Å². The van der Waals surface area contributed by atoms with Gasteiger partial charge in [0, 0.05) is 30.9 Å². The van der Waals surface area contributed by atoms with Crippen molar-refractivity contribution >= 4 is 17.3 Å². The van der Waals surface area contributed by atoms with Gasteiger partial charge in [0.2, 0.25) is 0 Å². The average molecular weight is 312 g/mol. The van der Waals surface area contributed by atoms with Crippen LogP contribution in [0, 0.1) is 0 Å². The van der Waals surface area contributed by atoms with Crippen LogP contribution in [0.25, 0.3) is 0 Å². The summed E-state index contributed by atoms with van der Waals surface area (Å²) < 4.78 is 11.2. The molecule has 0 saturated carbocycles. The van der Waals surface area contributed by atoms with Crippen molar-refractivity contribution in [1.29, 1.82) is 0 Å². The van der Waals surface area contributed by atoms with Crippen LogP contribution in [0.4, 0.5) is 17.3 Å². The number of anilines is 3. The largest absolute Gasteiger partial charge is 0.486 e. The van der Waals surface area contributed by atoms with Gasteiger partial charge in [-0.25, -0.2) is 9.97 Å². The number of ether oxygens (including phenoxy) is 2. The van der Waals surface area contributed by atoms with Gasteiger partial charge in [-0.1, -0.05) is 0 Å². The monoisotopic (exact) mass is 312 g/mol. The van der Waals surface area contributed by atoms with Crippen molar-refractivity contribution in [2.24, 2.45) is 0 Å². The number of fused-ring (bicyclic) bond motifs is 1. The third-order valence-corrected chi connectivity index (χ3v) is 4.15. The molecule has 120 valence electrons. The first kappa shape index (κ1) is 14.1. The number of hydrogen-bond donors (Lipinski definition) is 1. The Balaban J connectivity index is 1.52. The lowest BCUT2D eigenvalue weighted by Crippen LogP contribution is -2.30. The van der Waals surface area contributed by atoms with E-state index in [1.54, 1.807) is 6.33 Å². The van der Waals surface area contributed by atoms with Crippen LogP contribution in [-0.2, 0) is 0 Å². The smallest absolute Gasteiger partial charge is 0.163 e. The first-order chi connectivity index (χ1) is 11.4. The third kappa shape index (κ3) is 3.16. The molecule has 1 fully saturated rings. The molecule has 1 aromatic heterocycles. The quantitative estimate of drug-likeness (QED) is 0.940. The second kappa shape index (κ2) is 6.32. The minimum atomic E-state index is 0.586. The summed E-state index contributed by atoms with van der Waals surface area (Å²) in [6.45, 7) is 3.33. The summed E-state index contributed by atoms with van der Waals surface area (Å²) in [5.41, 5.74) is 0.928. The lowest BCUT2D eigenvalue weighted by molar-refractivity contribution is 0.171. The predicted octanol–water partition coefficient (Wildman–Crippen LogP) is 2.98. The van der Waals surface area contributed by atoms with Crippen LogP contribution in [0.15, 0.2) is 30.6 Å². The van der Waals surface area contributed by atoms with Crippen LogP contribution < -0.4 is 19.7 Å². The summed E-state index contributed by atoms with van der Waals surface area (Å²) in [7, 11) is 0. The van der Waals surface area contributed by atoms with Gasteiger partial charge in [0.1, 0.15) is 31.2 Å². The number of benzene rings is 1. The van der Waals surface area contributed by atoms with E-state index in [9.17, 15) is 0 Å². The van der Waals surface area contributed by atoms with Gasteiger partial charge in [-0.05, 0) is 31.4 Å². The summed E-state index contributed by atoms with van der Waals surface area (Å²) in [5, 5.41) is 3.32. The molecule has 2 aliphatic rings. The van der Waals surface area contributed by atoms with E-state index in [0.717, 1.165) is 41.9 Å². The van der Waals surface area contributed by atoms with E-state index in [0.29, 0.717) is 13.2 Å². The topological polar surface area (TPSA) is 59.5 Å². The molecular formula is C17H20N4O2. The molecule has 0 atom stereocenters. The summed E-state index contributed by atoms with van der Waals surface area (Å²) in [6, 6.07) is 7.83. The van der Waals surface area contributed by atoms with E-state index in [2.05, 4.69) is 20.2 Å². The number of rotatable bonds is 3. The Kier molecular flexibility index (Phi) is 3.88. The van der Waals surface area contributed by atoms with Crippen LogP contribution in [0.2, 0.25) is 0 Å². The van der Waals surface area contributed by atoms with Gasteiger partial charge in [0.15, 0.2) is 11.5 Å². The lowest BCUT2D eigenvalue weighted by atomic mass is 10.1. The van der Waals surface area contributed by atoms with Gasteiger partial charge in [-0.2, -0.15) is 0 Å². The highest BCUT2D eigenvalue weighted by molar-refractivity contribution is 5.63. The number of nitrogens with one attached hydrogen (secondary N) is 1. The predicted molar refractivity (Wildman–Crippen MR) is 88.8 cm³/mol. The zero-order chi connectivity index (χ0) is 15.5. The summed E-state index contributed by atoms with van der Waals surface area (Å²) in [4.78, 5) is 11.0. The van der Waals surface area contributed by atoms with Gasteiger partial charge >= 0.3 is 0 Å². The highest BCUT2D eigenvalue weighted by atomic mass is 16.6. The lowest BCUT2D eigenvalue weighted by Gasteiger charge is -2.27. The Bertz CT molecular complexity index is 686. The molecule has 3 heterocycles. The normalized spacial score (nSPS) is 17.0. The van der Waals surface area contributed by atoms with Crippen molar-refractivity contribution in [3.8, 4) is 11.5 Å². The van der Waals surface area contributed by atoms with Gasteiger partial charge in [0.05, 0.1) is 0 Å². The van der Waals surface area contributed by atoms with Crippen molar-refractivity contribution in [3.05, 3.63) is 30.6 Å². The average Bonchev–Trinajstić information content (AvgIpc) is 2.63. The minimum Gasteiger partial charge on any atom is -0.486 e. The highest BCUT2D eigenvalue weighted by Crippen LogP contribution is 2.33. The molecule has 0 spiro atoms. The molecule has 2 aromatic rings. The Morgan fingerprint density at radius 2 is 1.74 bits per heavy atom. The fourth-order valence-corrected chi connectivity index (χ4v) is 2.98. The number of piperidine rings is 1. The van der Waals surface area contributed by atoms with Crippen LogP contribution in [0.1, 0.15) is 19.3 Å². The van der Waals surface area contributed by atoms with Gasteiger partial charge in [-0.3, -0.25) is 0 Å². The molecule has 0 aliphatic carbocycles. The van der Waals surface area contributed by atoms with Crippen LogP contribution in [0.5, 0.6) is 11.5 Å². The second-order valence-electron chi connectivity index (χ2n) is 5.79. The van der Waals surface area contributed by atoms with Crippen LogP contribution in [-0.4, -0.2) is 36.3 Å². The molecule has 0 bridgehead atoms. The molecule has 0 unspecified atom stereocenters. The fourth-order valence-electron chi connectivity index (χ4n) is 2.98. The van der Waals surface area contributed by atoms with E-state index < -0.39 is 0 Å². The Morgan fingerprint density at radius 3 is 2.61 bits per heavy atom. The molecule has 0 radical (unpaired) electrons. The van der Waals surface area contributed by atoms with Gasteiger partial charge in [-0.15, -0.1) is 0 Å². The number of hydrogen-bond acceptors (Lipinski definition) is 6. The first-order valence-electron chi connectivity index (χ1n) is 8.12. The van der Waals surface area contributed by atoms with Crippen LogP contribution >= 0.6 is 0 Å². The molecule has 23 heavy (non-hydrogen) atoms. The minimum absolute atomic E-state index is 0.586. The summed E-state index contributed by atoms with van der Waals surface area (Å²) in [6.07, 6.45) is 5.39. The van der Waals surface area contributed by atoms with Crippen molar-refractivity contribution in [2.45, 2.75) is 19.3 Å². The van der Waals surface area contributed by atoms with Crippen LogP contribution in [0.3, 0.4) is 0 Å². The van der Waals surface area contributed by atoms with Gasteiger partial charge in [0.25, 0.3) is 0 Å². The van der Waals surface area contributed by atoms with Gasteiger partial charge < -0.3 is 19.7 Å². The van der Waals surface area contributed by atoms with E-state index in [4.69, 9.17) is 9.47 Å². The standard InChI is InChI=1S/C17H20N4O2/c1-2-6-21(7-3-1)17-11-16(18-12-19-17)20-13-4-5-14-15(10-13)23-9-8-22-14/h4-5,10-12H,1-3,6-9H2,(H,18,19,20). The fraction of sp³-hybridized carbons (Fsp3) is 0.412. The molecule has 1 aromatic carbocycles. The Labute approximate surface area is 135 Å². The maximum Gasteiger partial charge on any atom is 0.163 e. The molecule has 1 N–H and O–H groups in total. The number of aromatic nitrogens is 2. The maximum absolute atomic E-state index is 5.61. The van der Waals surface area contributed by atoms with E-state index in [1.807, 2.05) is 24.3 Å². The summed E-state index contributed by atoms with van der Waals surface area (Å²) >= 11 is 0. The maximum atomic E-state index is 5.61. The van der Waals surface area contributed by atoms with Crippen molar-refractivity contribution < 1.29 is 9.47 Å². The van der Waals surface area contributed by atoms with Crippen molar-refractivity contribution in [1.82, 2.24) is 9.97 Å². The molecular weight excluding hydrogens is 292 g/mol. The van der Waals surface area contributed by atoms with E-state index in [-0.39, 0.29) is 0 Å². The van der Waals surface area contributed by atoms with E-state index in [1.165, 1.54) is 19.3 Å². The molecule has 2 aliphatic heterocycles. The molecule has 0 amide bonds.